The number of rotatable bonds is 8. The fourth-order valence-electron chi connectivity index (χ4n) is 3.39. The van der Waals surface area contributed by atoms with Crippen LogP contribution in [0.1, 0.15) is 34.5 Å². The minimum absolute atomic E-state index is 0.232. The van der Waals surface area contributed by atoms with Crippen molar-refractivity contribution in [3.63, 3.8) is 0 Å². The highest BCUT2D eigenvalue weighted by molar-refractivity contribution is 7.92. The molecule has 0 unspecified atom stereocenters. The number of hydrogen-bond acceptors (Lipinski definition) is 4. The summed E-state index contributed by atoms with van der Waals surface area (Å²) in [4.78, 5) is 25.7. The first-order valence-corrected chi connectivity index (χ1v) is 12.3. The molecule has 0 bridgehead atoms. The van der Waals surface area contributed by atoms with Crippen LogP contribution in [-0.4, -0.2) is 33.0 Å². The van der Waals surface area contributed by atoms with Crippen molar-refractivity contribution in [3.05, 3.63) is 95.6 Å². The van der Waals surface area contributed by atoms with Crippen molar-refractivity contribution in [1.82, 2.24) is 5.32 Å². The predicted octanol–water partition coefficient (Wildman–Crippen LogP) is 3.89. The average molecular weight is 466 g/mol. The highest BCUT2D eigenvalue weighted by Gasteiger charge is 2.22. The van der Waals surface area contributed by atoms with Crippen LogP contribution in [0.15, 0.2) is 78.9 Å². The molecule has 0 radical (unpaired) electrons. The zero-order chi connectivity index (χ0) is 24.0. The third-order valence-electron chi connectivity index (χ3n) is 5.07. The van der Waals surface area contributed by atoms with Gasteiger partial charge >= 0.3 is 0 Å². The topological polar surface area (TPSA) is 95.6 Å². The van der Waals surface area contributed by atoms with Crippen molar-refractivity contribution >= 4 is 33.2 Å². The summed E-state index contributed by atoms with van der Waals surface area (Å²) in [5.74, 6) is -0.904. The van der Waals surface area contributed by atoms with Crippen LogP contribution in [0.4, 0.5) is 11.4 Å². The fourth-order valence-corrected chi connectivity index (χ4v) is 4.24. The summed E-state index contributed by atoms with van der Waals surface area (Å²) in [7, 11) is -3.70. The minimum atomic E-state index is -3.70. The maximum Gasteiger partial charge on any atom is 0.253 e. The number of sulfonamides is 1. The largest absolute Gasteiger partial charge is 0.345 e. The smallest absolute Gasteiger partial charge is 0.253 e. The van der Waals surface area contributed by atoms with Gasteiger partial charge in [0.1, 0.15) is 6.54 Å². The summed E-state index contributed by atoms with van der Waals surface area (Å²) < 4.78 is 25.7. The number of nitrogens with one attached hydrogen (secondary N) is 2. The van der Waals surface area contributed by atoms with Crippen molar-refractivity contribution < 1.29 is 18.0 Å². The lowest BCUT2D eigenvalue weighted by Gasteiger charge is -2.22. The van der Waals surface area contributed by atoms with Crippen LogP contribution < -0.4 is 14.9 Å². The molecule has 0 spiro atoms. The van der Waals surface area contributed by atoms with E-state index in [1.54, 1.807) is 42.5 Å². The van der Waals surface area contributed by atoms with Gasteiger partial charge in [-0.15, -0.1) is 0 Å². The van der Waals surface area contributed by atoms with Gasteiger partial charge in [-0.25, -0.2) is 8.42 Å². The molecule has 3 aromatic rings. The van der Waals surface area contributed by atoms with Crippen LogP contribution in [0, 0.1) is 6.92 Å². The first kappa shape index (κ1) is 24.0. The van der Waals surface area contributed by atoms with Gasteiger partial charge < -0.3 is 10.6 Å². The number of carbonyl (C=O) groups is 2. The van der Waals surface area contributed by atoms with E-state index in [2.05, 4.69) is 10.6 Å². The highest BCUT2D eigenvalue weighted by atomic mass is 32.2. The zero-order valence-electron chi connectivity index (χ0n) is 18.8. The molecule has 0 aliphatic rings. The summed E-state index contributed by atoms with van der Waals surface area (Å²) in [5, 5.41) is 5.61. The SMILES string of the molecule is Cc1cccc(N(CC(=O)Nc2ccccc2C(=O)N[C@@H](C)c2ccccc2)S(C)(=O)=O)c1. The van der Waals surface area contributed by atoms with Crippen LogP contribution >= 0.6 is 0 Å². The van der Waals surface area contributed by atoms with E-state index in [0.29, 0.717) is 11.4 Å². The predicted molar refractivity (Wildman–Crippen MR) is 131 cm³/mol. The molecule has 0 heterocycles. The van der Waals surface area contributed by atoms with E-state index in [9.17, 15) is 18.0 Å². The van der Waals surface area contributed by atoms with Crippen LogP contribution in [-0.2, 0) is 14.8 Å². The molecular weight excluding hydrogens is 438 g/mol. The Morgan fingerprint density at radius 3 is 2.27 bits per heavy atom. The highest BCUT2D eigenvalue weighted by Crippen LogP contribution is 2.21. The van der Waals surface area contributed by atoms with Crippen molar-refractivity contribution in [2.24, 2.45) is 0 Å². The van der Waals surface area contributed by atoms with Crippen molar-refractivity contribution in [3.8, 4) is 0 Å². The number of benzene rings is 3. The summed E-state index contributed by atoms with van der Waals surface area (Å²) in [6.07, 6.45) is 1.05. The van der Waals surface area contributed by atoms with Crippen molar-refractivity contribution in [2.75, 3.05) is 22.4 Å². The fraction of sp³-hybridized carbons (Fsp3) is 0.200. The summed E-state index contributed by atoms with van der Waals surface area (Å²) in [6, 6.07) is 22.8. The number of hydrogen-bond donors (Lipinski definition) is 2. The third-order valence-corrected chi connectivity index (χ3v) is 6.21. The Balaban J connectivity index is 1.77. The van der Waals surface area contributed by atoms with Gasteiger partial charge in [-0.05, 0) is 49.2 Å². The quantitative estimate of drug-likeness (QED) is 0.528. The normalized spacial score (nSPS) is 12.0. The maximum atomic E-state index is 12.9. The molecule has 3 aromatic carbocycles. The molecule has 0 fully saturated rings. The number of aryl methyl sites for hydroxylation is 1. The van der Waals surface area contributed by atoms with Crippen LogP contribution in [0.2, 0.25) is 0 Å². The molecule has 8 heteroatoms. The second-order valence-corrected chi connectivity index (χ2v) is 9.72. The van der Waals surface area contributed by atoms with E-state index < -0.39 is 22.5 Å². The Kier molecular flexibility index (Phi) is 7.50. The van der Waals surface area contributed by atoms with E-state index in [-0.39, 0.29) is 17.5 Å². The minimum Gasteiger partial charge on any atom is -0.345 e. The van der Waals surface area contributed by atoms with Gasteiger partial charge in [0.05, 0.1) is 29.2 Å². The first-order chi connectivity index (χ1) is 15.6. The second-order valence-electron chi connectivity index (χ2n) is 7.81. The Bertz CT molecular complexity index is 1240. The van der Waals surface area contributed by atoms with Gasteiger partial charge in [0.2, 0.25) is 15.9 Å². The molecule has 2 amide bonds. The lowest BCUT2D eigenvalue weighted by Crippen LogP contribution is -2.37. The van der Waals surface area contributed by atoms with Gasteiger partial charge in [0.25, 0.3) is 5.91 Å². The Morgan fingerprint density at radius 2 is 1.61 bits per heavy atom. The Hall–Kier alpha value is -3.65. The standard InChI is InChI=1S/C25H27N3O4S/c1-18-10-9-13-21(16-18)28(33(3,31)32)17-24(29)27-23-15-8-7-14-22(23)25(30)26-19(2)20-11-5-4-6-12-20/h4-16,19H,17H2,1-3H3,(H,26,30)(H,27,29)/t19-/m0/s1. The van der Waals surface area contributed by atoms with E-state index in [1.807, 2.05) is 50.2 Å². The van der Waals surface area contributed by atoms with Crippen molar-refractivity contribution in [1.29, 1.82) is 0 Å². The van der Waals surface area contributed by atoms with Gasteiger partial charge in [-0.1, -0.05) is 54.6 Å². The molecule has 1 atom stereocenters. The zero-order valence-corrected chi connectivity index (χ0v) is 19.6. The average Bonchev–Trinajstić information content (AvgIpc) is 2.77. The Morgan fingerprint density at radius 1 is 0.939 bits per heavy atom. The number of nitrogens with zero attached hydrogens (tertiary/aromatic N) is 1. The Labute approximate surface area is 194 Å². The van der Waals surface area contributed by atoms with Gasteiger partial charge in [-0.2, -0.15) is 0 Å². The first-order valence-electron chi connectivity index (χ1n) is 10.4. The van der Waals surface area contributed by atoms with Gasteiger partial charge in [0, 0.05) is 0 Å². The molecule has 3 rings (SSSR count). The number of amides is 2. The summed E-state index contributed by atoms with van der Waals surface area (Å²) in [5.41, 5.74) is 2.81. The number of para-hydroxylation sites is 1. The molecule has 0 aliphatic carbocycles. The lowest BCUT2D eigenvalue weighted by atomic mass is 10.1. The second kappa shape index (κ2) is 10.3. The molecule has 0 saturated heterocycles. The molecule has 0 saturated carbocycles. The van der Waals surface area contributed by atoms with Gasteiger partial charge in [-0.3, -0.25) is 13.9 Å². The summed E-state index contributed by atoms with van der Waals surface area (Å²) in [6.45, 7) is 3.30. The molecule has 172 valence electrons. The monoisotopic (exact) mass is 465 g/mol. The number of anilines is 2. The lowest BCUT2D eigenvalue weighted by molar-refractivity contribution is -0.114. The molecule has 33 heavy (non-hydrogen) atoms. The van der Waals surface area contributed by atoms with Crippen LogP contribution in [0.3, 0.4) is 0 Å². The molecular formula is C25H27N3O4S. The third kappa shape index (κ3) is 6.43. The van der Waals surface area contributed by atoms with E-state index in [1.165, 1.54) is 0 Å². The summed E-state index contributed by atoms with van der Waals surface area (Å²) >= 11 is 0. The molecule has 2 N–H and O–H groups in total. The molecule has 0 aliphatic heterocycles. The van der Waals surface area contributed by atoms with Crippen LogP contribution in [0.5, 0.6) is 0 Å². The maximum absolute atomic E-state index is 12.9. The van der Waals surface area contributed by atoms with E-state index >= 15 is 0 Å². The van der Waals surface area contributed by atoms with Crippen LogP contribution in [0.25, 0.3) is 0 Å². The molecule has 7 nitrogen and oxygen atoms in total. The van der Waals surface area contributed by atoms with Crippen molar-refractivity contribution in [2.45, 2.75) is 19.9 Å². The molecule has 0 aromatic heterocycles. The number of carbonyl (C=O) groups excluding carboxylic acids is 2. The van der Waals surface area contributed by atoms with E-state index in [4.69, 9.17) is 0 Å². The van der Waals surface area contributed by atoms with Gasteiger partial charge in [0.15, 0.2) is 0 Å². The van der Waals surface area contributed by atoms with E-state index in [0.717, 1.165) is 21.7 Å².